The number of nitrogen functional groups attached to an aromatic ring is 1. The van der Waals surface area contributed by atoms with Crippen LogP contribution in [0.25, 0.3) is 11.2 Å². The molecular weight excluding hydrogens is 396 g/mol. The summed E-state index contributed by atoms with van der Waals surface area (Å²) in [6.07, 6.45) is 8.12. The van der Waals surface area contributed by atoms with Crippen LogP contribution >= 0.6 is 0 Å². The van der Waals surface area contributed by atoms with Gasteiger partial charge in [0.2, 0.25) is 21.8 Å². The summed E-state index contributed by atoms with van der Waals surface area (Å²) in [5, 5.41) is 3.28. The number of sulfonamides is 1. The van der Waals surface area contributed by atoms with Crippen molar-refractivity contribution in [2.75, 3.05) is 30.1 Å². The number of aromatic nitrogens is 4. The van der Waals surface area contributed by atoms with Crippen LogP contribution in [0.2, 0.25) is 0 Å². The van der Waals surface area contributed by atoms with E-state index in [1.54, 1.807) is 10.8 Å². The molecule has 4 rings (SSSR count). The topological polar surface area (TPSA) is 148 Å². The van der Waals surface area contributed by atoms with Gasteiger partial charge >= 0.3 is 0 Å². The SMILES string of the molecule is CS(=O)(=O)N1CCC(Nc2ncc3nc(NN)c(=O)n(C4CCCC4)c3n2)CC1. The van der Waals surface area contributed by atoms with Crippen molar-refractivity contribution < 1.29 is 8.42 Å². The molecule has 0 bridgehead atoms. The monoisotopic (exact) mass is 422 g/mol. The zero-order chi connectivity index (χ0) is 20.6. The third kappa shape index (κ3) is 4.05. The summed E-state index contributed by atoms with van der Waals surface area (Å²) >= 11 is 0. The normalized spacial score (nSPS) is 19.7. The Morgan fingerprint density at radius 1 is 1.14 bits per heavy atom. The van der Waals surface area contributed by atoms with E-state index in [4.69, 9.17) is 5.84 Å². The molecule has 0 radical (unpaired) electrons. The van der Waals surface area contributed by atoms with Crippen LogP contribution in [0.1, 0.15) is 44.6 Å². The molecule has 158 valence electrons. The van der Waals surface area contributed by atoms with Gasteiger partial charge < -0.3 is 10.7 Å². The minimum atomic E-state index is -3.17. The lowest BCUT2D eigenvalue weighted by atomic mass is 10.1. The van der Waals surface area contributed by atoms with Gasteiger partial charge in [-0.05, 0) is 25.7 Å². The van der Waals surface area contributed by atoms with E-state index in [0.29, 0.717) is 43.0 Å². The van der Waals surface area contributed by atoms with Crippen LogP contribution in [0, 0.1) is 0 Å². The largest absolute Gasteiger partial charge is 0.351 e. The van der Waals surface area contributed by atoms with Gasteiger partial charge in [0, 0.05) is 25.2 Å². The van der Waals surface area contributed by atoms with Crippen LogP contribution in [-0.4, -0.2) is 57.6 Å². The fourth-order valence-corrected chi connectivity index (χ4v) is 5.05. The highest BCUT2D eigenvalue weighted by Gasteiger charge is 2.26. The van der Waals surface area contributed by atoms with E-state index in [-0.39, 0.29) is 23.5 Å². The van der Waals surface area contributed by atoms with Crippen molar-refractivity contribution in [1.29, 1.82) is 0 Å². The maximum atomic E-state index is 12.8. The van der Waals surface area contributed by atoms with Gasteiger partial charge in [-0.1, -0.05) is 12.8 Å². The molecule has 0 amide bonds. The Kier molecular flexibility index (Phi) is 5.40. The number of anilines is 2. The molecule has 2 aromatic heterocycles. The lowest BCUT2D eigenvalue weighted by Crippen LogP contribution is -2.42. The summed E-state index contributed by atoms with van der Waals surface area (Å²) in [4.78, 5) is 26.0. The molecule has 0 aromatic carbocycles. The Labute approximate surface area is 168 Å². The van der Waals surface area contributed by atoms with E-state index in [2.05, 4.69) is 25.7 Å². The Morgan fingerprint density at radius 3 is 2.45 bits per heavy atom. The molecule has 1 aliphatic carbocycles. The minimum absolute atomic E-state index is 0.0649. The highest BCUT2D eigenvalue weighted by atomic mass is 32.2. The van der Waals surface area contributed by atoms with Gasteiger partial charge in [-0.3, -0.25) is 9.36 Å². The van der Waals surface area contributed by atoms with Gasteiger partial charge in [-0.2, -0.15) is 4.98 Å². The second-order valence-electron chi connectivity index (χ2n) is 7.70. The first-order valence-electron chi connectivity index (χ1n) is 9.84. The summed E-state index contributed by atoms with van der Waals surface area (Å²) < 4.78 is 26.5. The van der Waals surface area contributed by atoms with Crippen molar-refractivity contribution in [2.24, 2.45) is 5.84 Å². The van der Waals surface area contributed by atoms with Gasteiger partial charge in [0.15, 0.2) is 5.65 Å². The standard InChI is InChI=1S/C17H26N8O3S/c1-29(27,28)24-8-6-11(7-9-24)20-17-19-10-13-15(22-17)25(12-4-2-3-5-12)16(26)14(21-13)23-18/h10-12H,2-9,18H2,1H3,(H,21,23)(H,19,20,22). The van der Waals surface area contributed by atoms with Crippen molar-refractivity contribution in [2.45, 2.75) is 50.6 Å². The number of rotatable bonds is 5. The molecule has 0 unspecified atom stereocenters. The summed E-state index contributed by atoms with van der Waals surface area (Å²) in [6.45, 7) is 0.925. The van der Waals surface area contributed by atoms with E-state index >= 15 is 0 Å². The van der Waals surface area contributed by atoms with Gasteiger partial charge in [0.1, 0.15) is 5.52 Å². The molecule has 0 atom stereocenters. The smallest absolute Gasteiger partial charge is 0.296 e. The summed E-state index contributed by atoms with van der Waals surface area (Å²) in [5.41, 5.74) is 3.09. The quantitative estimate of drug-likeness (QED) is 0.460. The predicted molar refractivity (Wildman–Crippen MR) is 110 cm³/mol. The average Bonchev–Trinajstić information content (AvgIpc) is 3.21. The fourth-order valence-electron chi connectivity index (χ4n) is 4.18. The third-order valence-corrected chi connectivity index (χ3v) is 7.02. The van der Waals surface area contributed by atoms with Crippen LogP contribution in [0.4, 0.5) is 11.8 Å². The molecule has 0 spiro atoms. The van der Waals surface area contributed by atoms with Crippen molar-refractivity contribution in [3.63, 3.8) is 0 Å². The van der Waals surface area contributed by atoms with E-state index in [1.807, 2.05) is 0 Å². The number of fused-ring (bicyclic) bond motifs is 1. The first-order valence-corrected chi connectivity index (χ1v) is 11.7. The molecule has 1 saturated heterocycles. The number of nitrogens with one attached hydrogen (secondary N) is 2. The lowest BCUT2D eigenvalue weighted by Gasteiger charge is -2.30. The highest BCUT2D eigenvalue weighted by molar-refractivity contribution is 7.88. The summed E-state index contributed by atoms with van der Waals surface area (Å²) in [7, 11) is -3.17. The van der Waals surface area contributed by atoms with Gasteiger partial charge in [-0.15, -0.1) is 0 Å². The van der Waals surface area contributed by atoms with E-state index in [9.17, 15) is 13.2 Å². The third-order valence-electron chi connectivity index (χ3n) is 5.71. The maximum Gasteiger partial charge on any atom is 0.296 e. The number of piperidine rings is 1. The highest BCUT2D eigenvalue weighted by Crippen LogP contribution is 2.30. The molecule has 29 heavy (non-hydrogen) atoms. The van der Waals surface area contributed by atoms with Crippen molar-refractivity contribution in [3.05, 3.63) is 16.6 Å². The molecule has 2 aliphatic rings. The van der Waals surface area contributed by atoms with E-state index in [1.165, 1.54) is 10.6 Å². The maximum absolute atomic E-state index is 12.8. The van der Waals surface area contributed by atoms with Crippen LogP contribution in [0.15, 0.2) is 11.0 Å². The van der Waals surface area contributed by atoms with Crippen LogP contribution in [0.3, 0.4) is 0 Å². The van der Waals surface area contributed by atoms with Crippen LogP contribution < -0.4 is 22.1 Å². The number of hydrazine groups is 1. The lowest BCUT2D eigenvalue weighted by molar-refractivity contribution is 0.331. The zero-order valence-electron chi connectivity index (χ0n) is 16.3. The summed E-state index contributed by atoms with van der Waals surface area (Å²) in [6, 6.07) is 0.135. The number of hydrogen-bond acceptors (Lipinski definition) is 9. The fraction of sp³-hybridized carbons (Fsp3) is 0.647. The van der Waals surface area contributed by atoms with Crippen LogP contribution in [-0.2, 0) is 10.0 Å². The molecule has 4 N–H and O–H groups in total. The van der Waals surface area contributed by atoms with Gasteiger partial charge in [-0.25, -0.2) is 28.5 Å². The molecule has 2 aromatic rings. The number of hydrogen-bond donors (Lipinski definition) is 3. The second-order valence-corrected chi connectivity index (χ2v) is 9.68. The first-order chi connectivity index (χ1) is 13.9. The van der Waals surface area contributed by atoms with E-state index in [0.717, 1.165) is 25.7 Å². The molecule has 11 nitrogen and oxygen atoms in total. The molecule has 3 heterocycles. The molecule has 1 saturated carbocycles. The van der Waals surface area contributed by atoms with Crippen molar-refractivity contribution in [1.82, 2.24) is 23.8 Å². The Bertz CT molecular complexity index is 1060. The minimum Gasteiger partial charge on any atom is -0.351 e. The Balaban J connectivity index is 1.62. The average molecular weight is 423 g/mol. The van der Waals surface area contributed by atoms with Gasteiger partial charge in [0.05, 0.1) is 12.5 Å². The number of nitrogens with two attached hydrogens (primary N) is 1. The Hall–Kier alpha value is -2.31. The molecular formula is C17H26N8O3S. The molecule has 1 aliphatic heterocycles. The zero-order valence-corrected chi connectivity index (χ0v) is 17.2. The van der Waals surface area contributed by atoms with Gasteiger partial charge in [0.25, 0.3) is 5.56 Å². The van der Waals surface area contributed by atoms with Crippen molar-refractivity contribution >= 4 is 33.0 Å². The first kappa shape index (κ1) is 20.0. The second kappa shape index (κ2) is 7.84. The number of nitrogens with zero attached hydrogens (tertiary/aromatic N) is 5. The predicted octanol–water partition coefficient (Wildman–Crippen LogP) is 0.423. The Morgan fingerprint density at radius 2 is 1.83 bits per heavy atom. The molecule has 2 fully saturated rings. The van der Waals surface area contributed by atoms with Crippen molar-refractivity contribution in [3.8, 4) is 0 Å². The molecule has 12 heteroatoms. The van der Waals surface area contributed by atoms with E-state index < -0.39 is 10.0 Å². The van der Waals surface area contributed by atoms with Crippen LogP contribution in [0.5, 0.6) is 0 Å². The summed E-state index contributed by atoms with van der Waals surface area (Å²) in [5.74, 6) is 5.98.